The molecule has 1 heterocycles. The average molecular weight is 292 g/mol. The number of furan rings is 1. The summed E-state index contributed by atoms with van der Waals surface area (Å²) in [7, 11) is 0. The highest BCUT2D eigenvalue weighted by atomic mass is 16.3. The molecule has 0 fully saturated rings. The number of hydrogen-bond donors (Lipinski definition) is 0. The third-order valence-electron chi connectivity index (χ3n) is 4.52. The van der Waals surface area contributed by atoms with Crippen molar-refractivity contribution < 1.29 is 4.42 Å². The van der Waals surface area contributed by atoms with Gasteiger partial charge in [-0.3, -0.25) is 0 Å². The van der Waals surface area contributed by atoms with Crippen molar-refractivity contribution in [1.82, 2.24) is 0 Å². The van der Waals surface area contributed by atoms with Gasteiger partial charge in [0.1, 0.15) is 11.3 Å². The van der Waals surface area contributed by atoms with Gasteiger partial charge in [-0.2, -0.15) is 0 Å². The minimum atomic E-state index is 1.00. The minimum absolute atomic E-state index is 1.00. The Labute approximate surface area is 133 Å². The number of aryl methyl sites for hydroxylation is 6. The monoisotopic (exact) mass is 292 g/mol. The van der Waals surface area contributed by atoms with Crippen LogP contribution in [0.5, 0.6) is 0 Å². The summed E-state index contributed by atoms with van der Waals surface area (Å²) >= 11 is 0. The fourth-order valence-corrected chi connectivity index (χ4v) is 3.25. The molecule has 0 atom stereocenters. The molecule has 22 heavy (non-hydrogen) atoms. The maximum absolute atomic E-state index is 5.92. The summed E-state index contributed by atoms with van der Waals surface area (Å²) in [4.78, 5) is 0. The highest BCUT2D eigenvalue weighted by Crippen LogP contribution is 2.28. The maximum Gasteiger partial charge on any atom is 0.137 e. The number of rotatable bonds is 4. The zero-order valence-corrected chi connectivity index (χ0v) is 14.0. The van der Waals surface area contributed by atoms with Crippen molar-refractivity contribution in [3.63, 3.8) is 0 Å². The molecule has 0 aliphatic heterocycles. The van der Waals surface area contributed by atoms with Gasteiger partial charge in [0.25, 0.3) is 0 Å². The topological polar surface area (TPSA) is 13.1 Å². The summed E-state index contributed by atoms with van der Waals surface area (Å²) in [6, 6.07) is 13.4. The Kier molecular flexibility index (Phi) is 4.06. The van der Waals surface area contributed by atoms with Crippen LogP contribution in [-0.4, -0.2) is 0 Å². The van der Waals surface area contributed by atoms with Gasteiger partial charge in [-0.15, -0.1) is 0 Å². The molecule has 0 saturated heterocycles. The van der Waals surface area contributed by atoms with E-state index in [0.717, 1.165) is 30.6 Å². The molecular weight excluding hydrogens is 268 g/mol. The zero-order valence-electron chi connectivity index (χ0n) is 14.0. The summed E-state index contributed by atoms with van der Waals surface area (Å²) in [5.74, 6) is 1.00. The molecule has 0 aliphatic rings. The van der Waals surface area contributed by atoms with Crippen molar-refractivity contribution in [3.8, 4) is 0 Å². The molecule has 0 spiro atoms. The summed E-state index contributed by atoms with van der Waals surface area (Å²) in [6.45, 7) is 8.58. The highest BCUT2D eigenvalue weighted by molar-refractivity contribution is 5.84. The van der Waals surface area contributed by atoms with Crippen LogP contribution in [0.4, 0.5) is 0 Å². The normalized spacial score (nSPS) is 11.3. The van der Waals surface area contributed by atoms with E-state index in [2.05, 4.69) is 57.2 Å². The van der Waals surface area contributed by atoms with E-state index in [0.29, 0.717) is 0 Å². The maximum atomic E-state index is 5.92. The molecular formula is C21H24O. The number of benzene rings is 2. The molecule has 0 bridgehead atoms. The van der Waals surface area contributed by atoms with E-state index in [1.54, 1.807) is 0 Å². The summed E-state index contributed by atoms with van der Waals surface area (Å²) in [5.41, 5.74) is 7.95. The first-order valence-corrected chi connectivity index (χ1v) is 8.15. The largest absolute Gasteiger partial charge is 0.461 e. The van der Waals surface area contributed by atoms with Crippen LogP contribution in [0, 0.1) is 20.8 Å². The van der Waals surface area contributed by atoms with Gasteiger partial charge in [-0.25, -0.2) is 0 Å². The molecule has 0 saturated carbocycles. The van der Waals surface area contributed by atoms with Crippen LogP contribution < -0.4 is 0 Å². The van der Waals surface area contributed by atoms with Crippen molar-refractivity contribution in [2.45, 2.75) is 47.0 Å². The summed E-state index contributed by atoms with van der Waals surface area (Å²) in [6.07, 6.45) is 3.15. The van der Waals surface area contributed by atoms with Gasteiger partial charge < -0.3 is 4.42 Å². The van der Waals surface area contributed by atoms with Gasteiger partial charge in [-0.05, 0) is 68.4 Å². The van der Waals surface area contributed by atoms with Gasteiger partial charge in [0.2, 0.25) is 0 Å². The lowest BCUT2D eigenvalue weighted by molar-refractivity contribution is 0.575. The predicted molar refractivity (Wildman–Crippen MR) is 93.7 cm³/mol. The SMILES string of the molecule is CCc1ccc(CCc2ccc(C)cc2C)c2cc(C)oc12. The molecule has 0 amide bonds. The van der Waals surface area contributed by atoms with Crippen LogP contribution in [0.3, 0.4) is 0 Å². The first-order chi connectivity index (χ1) is 10.6. The molecule has 1 aromatic heterocycles. The van der Waals surface area contributed by atoms with Crippen molar-refractivity contribution in [3.05, 3.63) is 70.0 Å². The molecule has 0 unspecified atom stereocenters. The zero-order chi connectivity index (χ0) is 15.7. The van der Waals surface area contributed by atoms with Gasteiger partial charge >= 0.3 is 0 Å². The van der Waals surface area contributed by atoms with E-state index < -0.39 is 0 Å². The Morgan fingerprint density at radius 2 is 1.50 bits per heavy atom. The molecule has 1 nitrogen and oxygen atoms in total. The molecule has 0 aliphatic carbocycles. The molecule has 0 radical (unpaired) electrons. The van der Waals surface area contributed by atoms with E-state index in [4.69, 9.17) is 4.42 Å². The second kappa shape index (κ2) is 6.00. The van der Waals surface area contributed by atoms with Gasteiger partial charge in [0, 0.05) is 5.39 Å². The Balaban J connectivity index is 1.91. The van der Waals surface area contributed by atoms with E-state index in [9.17, 15) is 0 Å². The Hall–Kier alpha value is -2.02. The summed E-state index contributed by atoms with van der Waals surface area (Å²) in [5, 5.41) is 1.29. The second-order valence-corrected chi connectivity index (χ2v) is 6.27. The minimum Gasteiger partial charge on any atom is -0.461 e. The fourth-order valence-electron chi connectivity index (χ4n) is 3.25. The number of hydrogen-bond acceptors (Lipinski definition) is 1. The van der Waals surface area contributed by atoms with Gasteiger partial charge in [-0.1, -0.05) is 42.8 Å². The van der Waals surface area contributed by atoms with E-state index in [-0.39, 0.29) is 0 Å². The molecule has 2 aromatic carbocycles. The first-order valence-electron chi connectivity index (χ1n) is 8.15. The molecule has 1 heteroatoms. The lowest BCUT2D eigenvalue weighted by atomic mass is 9.96. The van der Waals surface area contributed by atoms with Crippen LogP contribution in [0.15, 0.2) is 40.8 Å². The fraction of sp³-hybridized carbons (Fsp3) is 0.333. The first kappa shape index (κ1) is 14.9. The lowest BCUT2D eigenvalue weighted by Crippen LogP contribution is -1.96. The van der Waals surface area contributed by atoms with Crippen LogP contribution in [0.1, 0.15) is 40.5 Å². The van der Waals surface area contributed by atoms with Gasteiger partial charge in [0.05, 0.1) is 0 Å². The molecule has 3 aromatic rings. The highest BCUT2D eigenvalue weighted by Gasteiger charge is 2.10. The van der Waals surface area contributed by atoms with Crippen molar-refractivity contribution in [1.29, 1.82) is 0 Å². The quantitative estimate of drug-likeness (QED) is 0.600. The lowest BCUT2D eigenvalue weighted by Gasteiger charge is -2.09. The second-order valence-electron chi connectivity index (χ2n) is 6.27. The van der Waals surface area contributed by atoms with Crippen LogP contribution in [-0.2, 0) is 19.3 Å². The van der Waals surface area contributed by atoms with E-state index in [1.165, 1.54) is 33.2 Å². The van der Waals surface area contributed by atoms with E-state index in [1.807, 2.05) is 6.92 Å². The third-order valence-corrected chi connectivity index (χ3v) is 4.52. The smallest absolute Gasteiger partial charge is 0.137 e. The van der Waals surface area contributed by atoms with Crippen LogP contribution in [0.2, 0.25) is 0 Å². The average Bonchev–Trinajstić information content (AvgIpc) is 2.87. The number of fused-ring (bicyclic) bond motifs is 1. The van der Waals surface area contributed by atoms with Crippen molar-refractivity contribution >= 4 is 11.0 Å². The van der Waals surface area contributed by atoms with Crippen LogP contribution in [0.25, 0.3) is 11.0 Å². The standard InChI is InChI=1S/C21H24O/c1-5-17-8-10-19(20-13-16(4)22-21(17)20)11-9-18-7-6-14(2)12-15(18)3/h6-8,10,12-13H,5,9,11H2,1-4H3. The molecule has 3 rings (SSSR count). The Bertz CT molecular complexity index is 808. The Morgan fingerprint density at radius 1 is 0.818 bits per heavy atom. The molecule has 114 valence electrons. The molecule has 0 N–H and O–H groups in total. The van der Waals surface area contributed by atoms with Crippen LogP contribution >= 0.6 is 0 Å². The van der Waals surface area contributed by atoms with Crippen molar-refractivity contribution in [2.75, 3.05) is 0 Å². The third kappa shape index (κ3) is 2.81. The van der Waals surface area contributed by atoms with Crippen molar-refractivity contribution in [2.24, 2.45) is 0 Å². The summed E-state index contributed by atoms with van der Waals surface area (Å²) < 4.78 is 5.92. The van der Waals surface area contributed by atoms with E-state index >= 15 is 0 Å². The predicted octanol–water partition coefficient (Wildman–Crippen LogP) is 5.71. The van der Waals surface area contributed by atoms with Gasteiger partial charge in [0.15, 0.2) is 0 Å². The Morgan fingerprint density at radius 3 is 2.23 bits per heavy atom.